The Morgan fingerprint density at radius 3 is 1.93 bits per heavy atom. The molecule has 0 unspecified atom stereocenters. The number of carbonyl (C=O) groups excluding carboxylic acids is 4. The lowest BCUT2D eigenvalue weighted by Gasteiger charge is -2.35. The van der Waals surface area contributed by atoms with Gasteiger partial charge in [0.25, 0.3) is 5.56 Å². The molecule has 0 bridgehead atoms. The fraction of sp³-hybridized carbons (Fsp3) is 0.395. The minimum atomic E-state index is -1.01. The third kappa shape index (κ3) is 10.7. The van der Waals surface area contributed by atoms with Crippen LogP contribution in [0, 0.1) is 12.8 Å². The molecule has 2 heterocycles. The Morgan fingerprint density at radius 2 is 1.37 bits per heavy atom. The molecule has 0 radical (unpaired) electrons. The van der Waals surface area contributed by atoms with Gasteiger partial charge in [-0.3, -0.25) is 33.5 Å². The summed E-state index contributed by atoms with van der Waals surface area (Å²) in [5, 5.41) is 0. The Hall–Kier alpha value is -5.86. The second-order valence-electron chi connectivity index (χ2n) is 14.0. The monoisotopic (exact) mass is 783 g/mol. The molecule has 5 atom stereocenters. The van der Waals surface area contributed by atoms with E-state index in [1.54, 1.807) is 0 Å². The molecule has 1 fully saturated rings. The Bertz CT molecular complexity index is 1990. The quantitative estimate of drug-likeness (QED) is 0.0631. The van der Waals surface area contributed by atoms with Gasteiger partial charge >= 0.3 is 29.6 Å². The van der Waals surface area contributed by atoms with Crippen LogP contribution < -0.4 is 17.0 Å². The normalized spacial score (nSPS) is 17.6. The van der Waals surface area contributed by atoms with Gasteiger partial charge in [-0.05, 0) is 29.5 Å². The predicted molar refractivity (Wildman–Crippen MR) is 208 cm³/mol. The molecule has 0 aliphatic carbocycles. The molecule has 302 valence electrons. The fourth-order valence-electron chi connectivity index (χ4n) is 6.75. The van der Waals surface area contributed by atoms with E-state index < -0.39 is 65.0 Å². The number of carbonyl (C=O) groups is 4. The number of rotatable bonds is 18. The van der Waals surface area contributed by atoms with Crippen LogP contribution in [0.15, 0.2) is 107 Å². The first kappa shape index (κ1) is 42.3. The summed E-state index contributed by atoms with van der Waals surface area (Å²) >= 11 is 0. The van der Waals surface area contributed by atoms with E-state index in [9.17, 15) is 28.8 Å². The topological polar surface area (TPSA) is 195 Å². The van der Waals surface area contributed by atoms with Crippen LogP contribution in [0.5, 0.6) is 0 Å². The average molecular weight is 784 g/mol. The molecule has 57 heavy (non-hydrogen) atoms. The number of hydrogen-bond donors (Lipinski definition) is 2. The van der Waals surface area contributed by atoms with Crippen molar-refractivity contribution in [1.82, 2.24) is 9.55 Å². The number of H-pyrrole nitrogens is 1. The van der Waals surface area contributed by atoms with Crippen LogP contribution in [-0.2, 0) is 48.3 Å². The summed E-state index contributed by atoms with van der Waals surface area (Å²) in [6.07, 6.45) is -1.72. The van der Waals surface area contributed by atoms with Crippen molar-refractivity contribution >= 4 is 23.9 Å². The molecule has 14 nitrogen and oxygen atoms in total. The van der Waals surface area contributed by atoms with E-state index >= 15 is 0 Å². The van der Waals surface area contributed by atoms with Crippen molar-refractivity contribution in [3.63, 3.8) is 0 Å². The van der Waals surface area contributed by atoms with Gasteiger partial charge in [-0.25, -0.2) is 4.79 Å². The average Bonchev–Trinajstić information content (AvgIpc) is 3.63. The molecule has 0 spiro atoms. The van der Waals surface area contributed by atoms with Crippen LogP contribution in [0.1, 0.15) is 74.4 Å². The molecule has 0 amide bonds. The van der Waals surface area contributed by atoms with Gasteiger partial charge in [0.2, 0.25) is 0 Å². The van der Waals surface area contributed by atoms with Crippen LogP contribution in [0.25, 0.3) is 0 Å². The zero-order valence-corrected chi connectivity index (χ0v) is 32.3. The van der Waals surface area contributed by atoms with Gasteiger partial charge in [-0.1, -0.05) is 111 Å². The van der Waals surface area contributed by atoms with E-state index in [2.05, 4.69) is 4.98 Å². The second-order valence-corrected chi connectivity index (χ2v) is 14.0. The van der Waals surface area contributed by atoms with Crippen LogP contribution in [0.4, 0.5) is 0 Å². The van der Waals surface area contributed by atoms with Crippen LogP contribution >= 0.6 is 0 Å². The van der Waals surface area contributed by atoms with Gasteiger partial charge in [-0.15, -0.1) is 0 Å². The largest absolute Gasteiger partial charge is 0.463 e. The number of nitrogens with two attached hydrogens (primary N) is 1. The molecule has 4 aromatic rings. The number of aromatic nitrogens is 2. The number of hydrogen-bond acceptors (Lipinski definition) is 12. The van der Waals surface area contributed by atoms with Gasteiger partial charge in [-0.2, -0.15) is 0 Å². The summed E-state index contributed by atoms with van der Waals surface area (Å²) in [7, 11) is 0. The van der Waals surface area contributed by atoms with Gasteiger partial charge in [0.1, 0.15) is 44.3 Å². The Balaban J connectivity index is 1.27. The van der Waals surface area contributed by atoms with Gasteiger partial charge in [0.15, 0.2) is 0 Å². The smallest absolute Gasteiger partial charge is 0.330 e. The fourth-order valence-corrected chi connectivity index (χ4v) is 6.75. The third-order valence-electron chi connectivity index (χ3n) is 10.2. The van der Waals surface area contributed by atoms with Crippen molar-refractivity contribution in [2.45, 2.75) is 82.8 Å². The highest BCUT2D eigenvalue weighted by Gasteiger charge is 2.42. The molecule has 3 aromatic carbocycles. The standard InChI is InChI=1S/C43H49N3O11/c1-4-28(2)39(44)41(51)54-23-22-53-36(47)20-21-37(48)57-33-24-35(46-26-29(3)40(50)45-42(46)52)56-34(33)27-55-38(49)25-43(30-14-8-5-9-15-30,31-16-10-6-11-17-31)32-18-12-7-13-19-32/h5-19,26,28,33-35,39H,4,20-25,27,44H2,1-3H3,(H,45,50,52)/t28-,33-,34+,35+,39-/m0/s1. The minimum absolute atomic E-state index is 0.0179. The maximum Gasteiger partial charge on any atom is 0.330 e. The Labute approximate surface area is 330 Å². The molecular formula is C43H49N3O11. The lowest BCUT2D eigenvalue weighted by atomic mass is 9.67. The molecule has 5 rings (SSSR count). The molecule has 3 N–H and O–H groups in total. The molecule has 1 aromatic heterocycles. The van der Waals surface area contributed by atoms with Crippen LogP contribution in [0.3, 0.4) is 0 Å². The minimum Gasteiger partial charge on any atom is -0.463 e. The maximum absolute atomic E-state index is 14.0. The molecular weight excluding hydrogens is 734 g/mol. The number of nitrogens with one attached hydrogen (secondary N) is 1. The highest BCUT2D eigenvalue weighted by atomic mass is 16.6. The summed E-state index contributed by atoms with van der Waals surface area (Å²) in [6.45, 7) is 4.53. The summed E-state index contributed by atoms with van der Waals surface area (Å²) in [4.78, 5) is 78.6. The molecule has 0 saturated carbocycles. The molecule has 1 saturated heterocycles. The van der Waals surface area contributed by atoms with Crippen molar-refractivity contribution in [3.8, 4) is 0 Å². The number of esters is 4. The zero-order chi connectivity index (χ0) is 41.0. The maximum atomic E-state index is 14.0. The van der Waals surface area contributed by atoms with Crippen molar-refractivity contribution in [2.75, 3.05) is 19.8 Å². The number of ether oxygens (including phenoxy) is 5. The first-order valence-corrected chi connectivity index (χ1v) is 19.0. The first-order valence-electron chi connectivity index (χ1n) is 19.0. The zero-order valence-electron chi connectivity index (χ0n) is 32.3. The van der Waals surface area contributed by atoms with Gasteiger partial charge in [0.05, 0.1) is 24.7 Å². The van der Waals surface area contributed by atoms with E-state index in [0.717, 1.165) is 16.7 Å². The summed E-state index contributed by atoms with van der Waals surface area (Å²) in [6, 6.07) is 28.2. The van der Waals surface area contributed by atoms with Gasteiger partial charge < -0.3 is 29.4 Å². The van der Waals surface area contributed by atoms with Crippen molar-refractivity contribution in [2.24, 2.45) is 11.7 Å². The molecule has 14 heteroatoms. The lowest BCUT2D eigenvalue weighted by molar-refractivity contribution is -0.161. The number of aryl methyl sites for hydroxylation is 1. The first-order chi connectivity index (χ1) is 27.4. The van der Waals surface area contributed by atoms with Crippen molar-refractivity contribution in [3.05, 3.63) is 140 Å². The van der Waals surface area contributed by atoms with E-state index in [1.807, 2.05) is 105 Å². The SMILES string of the molecule is CC[C@H](C)[C@H](N)C(=O)OCCOC(=O)CCC(=O)O[C@H]1C[C@H](n2cc(C)c(=O)[nH]c2=O)O[C@@H]1COC(=O)CC(c1ccccc1)(c1ccccc1)c1ccccc1. The lowest BCUT2D eigenvalue weighted by Crippen LogP contribution is -2.38. The van der Waals surface area contributed by atoms with E-state index in [0.29, 0.717) is 6.42 Å². The highest BCUT2D eigenvalue weighted by Crippen LogP contribution is 2.42. The molecule has 1 aliphatic rings. The van der Waals surface area contributed by atoms with E-state index in [4.69, 9.17) is 29.4 Å². The van der Waals surface area contributed by atoms with E-state index in [1.165, 1.54) is 17.7 Å². The van der Waals surface area contributed by atoms with Gasteiger partial charge in [0, 0.05) is 18.2 Å². The molecule has 1 aliphatic heterocycles. The Kier molecular flexibility index (Phi) is 14.7. The van der Waals surface area contributed by atoms with Crippen molar-refractivity contribution in [1.29, 1.82) is 0 Å². The third-order valence-corrected chi connectivity index (χ3v) is 10.2. The highest BCUT2D eigenvalue weighted by molar-refractivity contribution is 5.78. The van der Waals surface area contributed by atoms with Crippen LogP contribution in [0.2, 0.25) is 0 Å². The number of aromatic amines is 1. The van der Waals surface area contributed by atoms with E-state index in [-0.39, 0.29) is 57.0 Å². The summed E-state index contributed by atoms with van der Waals surface area (Å²) in [5.41, 5.74) is 6.53. The summed E-state index contributed by atoms with van der Waals surface area (Å²) in [5.74, 6) is -2.70. The number of benzene rings is 3. The van der Waals surface area contributed by atoms with Crippen LogP contribution in [-0.4, -0.2) is 71.5 Å². The predicted octanol–water partition coefficient (Wildman–Crippen LogP) is 4.25. The van der Waals surface area contributed by atoms with Crippen molar-refractivity contribution < 1.29 is 42.9 Å². The summed E-state index contributed by atoms with van der Waals surface area (Å²) < 4.78 is 29.2. The number of nitrogens with zero attached hydrogens (tertiary/aromatic N) is 1. The Morgan fingerprint density at radius 1 is 0.825 bits per heavy atom. The second kappa shape index (κ2) is 19.8.